The molecule has 0 bridgehead atoms. The van der Waals surface area contributed by atoms with E-state index in [-0.39, 0.29) is 5.41 Å². The molecule has 0 amide bonds. The summed E-state index contributed by atoms with van der Waals surface area (Å²) in [4.78, 5) is 2.51. The van der Waals surface area contributed by atoms with Crippen molar-refractivity contribution in [2.45, 2.75) is 26.2 Å². The van der Waals surface area contributed by atoms with Crippen molar-refractivity contribution in [2.75, 3.05) is 4.90 Å². The van der Waals surface area contributed by atoms with Crippen molar-refractivity contribution in [3.63, 3.8) is 0 Å². The Balaban J connectivity index is 1.38. The van der Waals surface area contributed by atoms with E-state index in [1.54, 1.807) is 0 Å². The molecular weight excluding hydrogens is 615 g/mol. The van der Waals surface area contributed by atoms with Crippen LogP contribution in [0.5, 0.6) is 0 Å². The van der Waals surface area contributed by atoms with Crippen LogP contribution in [0.1, 0.15) is 26.3 Å². The Morgan fingerprint density at radius 3 is 1.78 bits per heavy atom. The van der Waals surface area contributed by atoms with Gasteiger partial charge in [-0.05, 0) is 95.7 Å². The van der Waals surface area contributed by atoms with Gasteiger partial charge in [0.25, 0.3) is 0 Å². The van der Waals surface area contributed by atoms with Gasteiger partial charge in [-0.25, -0.2) is 0 Å². The topological polar surface area (TPSA) is 3.24 Å². The minimum absolute atomic E-state index is 0.0909. The minimum atomic E-state index is -0.0909. The highest BCUT2D eigenvalue weighted by Crippen LogP contribution is 2.48. The lowest BCUT2D eigenvalue weighted by Crippen LogP contribution is -2.16. The molecule has 9 aromatic rings. The molecule has 1 heteroatoms. The third-order valence-corrected chi connectivity index (χ3v) is 10.3. The highest BCUT2D eigenvalue weighted by atomic mass is 15.1. The molecule has 9 aromatic carbocycles. The molecule has 0 aliphatic heterocycles. The lowest BCUT2D eigenvalue weighted by Gasteiger charge is -2.32. The number of fused-ring (bicyclic) bond motifs is 6. The standard InChI is InChI=1S/C50H39N/c1-50(2,3)47-32-39(28-30-41(47)35-16-5-4-6-17-35)51(48-24-14-13-21-42(48)38-26-25-34-15-7-8-19-37(34)31-38)49-33-46-40-20-10-9-18-36(40)27-29-44(46)43-22-11-12-23-45(43)49/h4-33H,1-3H3. The van der Waals surface area contributed by atoms with E-state index in [4.69, 9.17) is 0 Å². The average Bonchev–Trinajstić information content (AvgIpc) is 3.18. The van der Waals surface area contributed by atoms with Crippen molar-refractivity contribution in [2.24, 2.45) is 0 Å². The largest absolute Gasteiger partial charge is 0.309 e. The van der Waals surface area contributed by atoms with Crippen LogP contribution in [0.25, 0.3) is 65.3 Å². The highest BCUT2D eigenvalue weighted by Gasteiger charge is 2.25. The molecule has 1 nitrogen and oxygen atoms in total. The van der Waals surface area contributed by atoms with Crippen LogP contribution in [0.15, 0.2) is 182 Å². The van der Waals surface area contributed by atoms with Crippen LogP contribution in [0.2, 0.25) is 0 Å². The zero-order chi connectivity index (χ0) is 34.5. The maximum Gasteiger partial charge on any atom is 0.0546 e. The molecule has 0 fully saturated rings. The van der Waals surface area contributed by atoms with Gasteiger partial charge in [0.2, 0.25) is 0 Å². The predicted molar refractivity (Wildman–Crippen MR) is 221 cm³/mol. The van der Waals surface area contributed by atoms with Gasteiger partial charge in [-0.15, -0.1) is 0 Å². The molecule has 0 aliphatic carbocycles. The number of hydrogen-bond donors (Lipinski definition) is 0. The van der Waals surface area contributed by atoms with E-state index in [9.17, 15) is 0 Å². The first kappa shape index (κ1) is 30.8. The molecule has 244 valence electrons. The van der Waals surface area contributed by atoms with Crippen molar-refractivity contribution >= 4 is 60.2 Å². The van der Waals surface area contributed by atoms with Crippen LogP contribution in [0, 0.1) is 0 Å². The molecular formula is C50H39N. The Bertz CT molecular complexity index is 2730. The zero-order valence-corrected chi connectivity index (χ0v) is 29.3. The van der Waals surface area contributed by atoms with Crippen LogP contribution in [-0.4, -0.2) is 0 Å². The zero-order valence-electron chi connectivity index (χ0n) is 29.3. The van der Waals surface area contributed by atoms with Crippen LogP contribution in [0.4, 0.5) is 17.1 Å². The molecule has 0 saturated carbocycles. The molecule has 0 aliphatic rings. The van der Waals surface area contributed by atoms with Gasteiger partial charge in [-0.2, -0.15) is 0 Å². The van der Waals surface area contributed by atoms with E-state index in [2.05, 4.69) is 208 Å². The minimum Gasteiger partial charge on any atom is -0.309 e. The Kier molecular flexibility index (Phi) is 7.44. The van der Waals surface area contributed by atoms with E-state index < -0.39 is 0 Å². The number of rotatable bonds is 5. The summed E-state index contributed by atoms with van der Waals surface area (Å²) < 4.78 is 0. The van der Waals surface area contributed by atoms with E-state index in [0.717, 1.165) is 17.1 Å². The molecule has 0 atom stereocenters. The summed E-state index contributed by atoms with van der Waals surface area (Å²) in [6.45, 7) is 6.97. The molecule has 0 spiro atoms. The van der Waals surface area contributed by atoms with Gasteiger partial charge < -0.3 is 4.90 Å². The second-order valence-corrected chi connectivity index (χ2v) is 14.6. The fourth-order valence-electron chi connectivity index (χ4n) is 7.87. The summed E-state index contributed by atoms with van der Waals surface area (Å²) in [6.07, 6.45) is 0. The molecule has 0 unspecified atom stereocenters. The van der Waals surface area contributed by atoms with Gasteiger partial charge in [0.1, 0.15) is 0 Å². The monoisotopic (exact) mass is 653 g/mol. The molecule has 0 N–H and O–H groups in total. The van der Waals surface area contributed by atoms with Crippen LogP contribution < -0.4 is 4.90 Å². The molecule has 0 radical (unpaired) electrons. The summed E-state index contributed by atoms with van der Waals surface area (Å²) in [7, 11) is 0. The van der Waals surface area contributed by atoms with Crippen molar-refractivity contribution in [1.29, 1.82) is 0 Å². The Morgan fingerprint density at radius 1 is 0.353 bits per heavy atom. The number of nitrogens with zero attached hydrogens (tertiary/aromatic N) is 1. The maximum absolute atomic E-state index is 2.51. The number of para-hydroxylation sites is 1. The normalized spacial score (nSPS) is 11.8. The summed E-state index contributed by atoms with van der Waals surface area (Å²) >= 11 is 0. The predicted octanol–water partition coefficient (Wildman–Crippen LogP) is 14.4. The maximum atomic E-state index is 2.51. The Morgan fingerprint density at radius 2 is 0.980 bits per heavy atom. The molecule has 0 aromatic heterocycles. The molecule has 0 saturated heterocycles. The van der Waals surface area contributed by atoms with Gasteiger partial charge in [0.05, 0.1) is 11.4 Å². The second-order valence-electron chi connectivity index (χ2n) is 14.6. The molecule has 9 rings (SSSR count). The van der Waals surface area contributed by atoms with Crippen LogP contribution >= 0.6 is 0 Å². The van der Waals surface area contributed by atoms with Gasteiger partial charge in [0.15, 0.2) is 0 Å². The first-order valence-corrected chi connectivity index (χ1v) is 17.9. The van der Waals surface area contributed by atoms with Crippen molar-refractivity contribution < 1.29 is 0 Å². The van der Waals surface area contributed by atoms with E-state index in [0.29, 0.717) is 0 Å². The molecule has 51 heavy (non-hydrogen) atoms. The number of anilines is 3. The van der Waals surface area contributed by atoms with Gasteiger partial charge in [-0.1, -0.05) is 172 Å². The summed E-state index contributed by atoms with van der Waals surface area (Å²) in [5.74, 6) is 0. The summed E-state index contributed by atoms with van der Waals surface area (Å²) in [5, 5.41) is 9.99. The number of hydrogen-bond acceptors (Lipinski definition) is 1. The summed E-state index contributed by atoms with van der Waals surface area (Å²) in [5.41, 5.74) is 9.56. The first-order chi connectivity index (χ1) is 24.9. The first-order valence-electron chi connectivity index (χ1n) is 17.9. The second kappa shape index (κ2) is 12.3. The van der Waals surface area contributed by atoms with Crippen molar-refractivity contribution in [3.05, 3.63) is 188 Å². The SMILES string of the molecule is CC(C)(C)c1cc(N(c2ccccc2-c2ccc3ccccc3c2)c2cc3c4ccccc4ccc3c3ccccc23)ccc1-c1ccccc1. The van der Waals surface area contributed by atoms with E-state index in [1.807, 2.05) is 0 Å². The lowest BCUT2D eigenvalue weighted by atomic mass is 9.81. The fraction of sp³-hybridized carbons (Fsp3) is 0.0800. The number of benzene rings is 9. The lowest BCUT2D eigenvalue weighted by molar-refractivity contribution is 0.592. The highest BCUT2D eigenvalue weighted by molar-refractivity contribution is 6.21. The van der Waals surface area contributed by atoms with Gasteiger partial charge in [-0.3, -0.25) is 0 Å². The van der Waals surface area contributed by atoms with E-state index >= 15 is 0 Å². The third kappa shape index (κ3) is 5.43. The van der Waals surface area contributed by atoms with Crippen molar-refractivity contribution in [1.82, 2.24) is 0 Å². The van der Waals surface area contributed by atoms with Crippen LogP contribution in [-0.2, 0) is 5.41 Å². The average molecular weight is 654 g/mol. The molecule has 0 heterocycles. The third-order valence-electron chi connectivity index (χ3n) is 10.3. The van der Waals surface area contributed by atoms with Crippen molar-refractivity contribution in [3.8, 4) is 22.3 Å². The smallest absolute Gasteiger partial charge is 0.0546 e. The quantitative estimate of drug-likeness (QED) is 0.167. The Hall–Kier alpha value is -6.18. The fourth-order valence-corrected chi connectivity index (χ4v) is 7.87. The van der Waals surface area contributed by atoms with Gasteiger partial charge >= 0.3 is 0 Å². The van der Waals surface area contributed by atoms with Crippen LogP contribution in [0.3, 0.4) is 0 Å². The van der Waals surface area contributed by atoms with E-state index in [1.165, 1.54) is 70.9 Å². The Labute approximate surface area is 300 Å². The summed E-state index contributed by atoms with van der Waals surface area (Å²) in [6, 6.07) is 66.9. The van der Waals surface area contributed by atoms with Gasteiger partial charge in [0, 0.05) is 16.6 Å².